The van der Waals surface area contributed by atoms with E-state index in [4.69, 9.17) is 9.84 Å². The number of urea groups is 1. The minimum atomic E-state index is -0.913. The van der Waals surface area contributed by atoms with E-state index in [2.05, 4.69) is 5.32 Å². The van der Waals surface area contributed by atoms with E-state index in [-0.39, 0.29) is 18.6 Å². The third-order valence-corrected chi connectivity index (χ3v) is 3.89. The van der Waals surface area contributed by atoms with E-state index >= 15 is 0 Å². The summed E-state index contributed by atoms with van der Waals surface area (Å²) in [6.07, 6.45) is 1.31. The number of hydrogen-bond donors (Lipinski definition) is 2. The number of carboxylic acids is 1. The monoisotopic (exact) mass is 272 g/mol. The second kappa shape index (κ2) is 6.75. The molecule has 0 aromatic rings. The SMILES string of the molecule is CCC1COCCN1C(=O)NCC(C)(CC)C(=O)O. The molecule has 1 aliphatic heterocycles. The highest BCUT2D eigenvalue weighted by Gasteiger charge is 2.33. The van der Waals surface area contributed by atoms with Crippen LogP contribution in [0.1, 0.15) is 33.6 Å². The highest BCUT2D eigenvalue weighted by atomic mass is 16.5. The van der Waals surface area contributed by atoms with Crippen molar-refractivity contribution in [3.63, 3.8) is 0 Å². The predicted molar refractivity (Wildman–Crippen MR) is 71.0 cm³/mol. The maximum absolute atomic E-state index is 12.1. The van der Waals surface area contributed by atoms with Gasteiger partial charge >= 0.3 is 12.0 Å². The Hall–Kier alpha value is -1.30. The number of carboxylic acid groups (broad SMARTS) is 1. The summed E-state index contributed by atoms with van der Waals surface area (Å²) in [5, 5.41) is 11.9. The molecule has 0 spiro atoms. The van der Waals surface area contributed by atoms with Crippen molar-refractivity contribution in [1.29, 1.82) is 0 Å². The van der Waals surface area contributed by atoms with Crippen LogP contribution < -0.4 is 5.32 Å². The van der Waals surface area contributed by atoms with Gasteiger partial charge in [-0.2, -0.15) is 0 Å². The summed E-state index contributed by atoms with van der Waals surface area (Å²) in [5.41, 5.74) is -0.913. The number of hydrogen-bond acceptors (Lipinski definition) is 3. The van der Waals surface area contributed by atoms with Crippen LogP contribution in [0.5, 0.6) is 0 Å². The van der Waals surface area contributed by atoms with E-state index < -0.39 is 11.4 Å². The van der Waals surface area contributed by atoms with Crippen molar-refractivity contribution in [3.05, 3.63) is 0 Å². The molecule has 1 fully saturated rings. The number of carbonyl (C=O) groups is 2. The Bertz CT molecular complexity index is 335. The number of rotatable bonds is 5. The van der Waals surface area contributed by atoms with Crippen LogP contribution in [0.2, 0.25) is 0 Å². The topological polar surface area (TPSA) is 78.9 Å². The van der Waals surface area contributed by atoms with E-state index in [1.165, 1.54) is 0 Å². The predicted octanol–water partition coefficient (Wildman–Crippen LogP) is 1.31. The average molecular weight is 272 g/mol. The minimum absolute atomic E-state index is 0.0754. The molecular weight excluding hydrogens is 248 g/mol. The molecule has 19 heavy (non-hydrogen) atoms. The summed E-state index contributed by atoms with van der Waals surface area (Å²) in [5.74, 6) is -0.885. The number of nitrogens with zero attached hydrogens (tertiary/aromatic N) is 1. The summed E-state index contributed by atoms with van der Waals surface area (Å²) in [6, 6.07) is -0.123. The van der Waals surface area contributed by atoms with Gasteiger partial charge in [0, 0.05) is 13.1 Å². The van der Waals surface area contributed by atoms with Crippen molar-refractivity contribution >= 4 is 12.0 Å². The molecule has 110 valence electrons. The summed E-state index contributed by atoms with van der Waals surface area (Å²) in [6.45, 7) is 7.25. The van der Waals surface area contributed by atoms with E-state index in [0.29, 0.717) is 26.2 Å². The number of carbonyl (C=O) groups excluding carboxylic acids is 1. The minimum Gasteiger partial charge on any atom is -0.481 e. The lowest BCUT2D eigenvalue weighted by molar-refractivity contribution is -0.147. The summed E-state index contributed by atoms with van der Waals surface area (Å²) >= 11 is 0. The van der Waals surface area contributed by atoms with Crippen molar-refractivity contribution in [1.82, 2.24) is 10.2 Å². The van der Waals surface area contributed by atoms with Gasteiger partial charge in [0.25, 0.3) is 0 Å². The summed E-state index contributed by atoms with van der Waals surface area (Å²) in [4.78, 5) is 25.0. The number of amides is 2. The van der Waals surface area contributed by atoms with Gasteiger partial charge < -0.3 is 20.1 Å². The molecule has 6 nitrogen and oxygen atoms in total. The fourth-order valence-corrected chi connectivity index (χ4v) is 1.98. The van der Waals surface area contributed by atoms with Crippen molar-refractivity contribution < 1.29 is 19.4 Å². The van der Waals surface area contributed by atoms with Crippen molar-refractivity contribution in [2.24, 2.45) is 5.41 Å². The zero-order chi connectivity index (χ0) is 14.5. The van der Waals surface area contributed by atoms with Gasteiger partial charge in [0.2, 0.25) is 0 Å². The van der Waals surface area contributed by atoms with Crippen LogP contribution in [0, 0.1) is 5.41 Å². The van der Waals surface area contributed by atoms with Gasteiger partial charge in [-0.3, -0.25) is 4.79 Å². The maximum Gasteiger partial charge on any atom is 0.317 e. The quantitative estimate of drug-likeness (QED) is 0.791. The second-order valence-electron chi connectivity index (χ2n) is 5.21. The third-order valence-electron chi connectivity index (χ3n) is 3.89. The van der Waals surface area contributed by atoms with Crippen LogP contribution in [0.4, 0.5) is 4.79 Å². The van der Waals surface area contributed by atoms with Gasteiger partial charge in [-0.1, -0.05) is 13.8 Å². The Morgan fingerprint density at radius 1 is 1.47 bits per heavy atom. The first-order valence-corrected chi connectivity index (χ1v) is 6.80. The van der Waals surface area contributed by atoms with E-state index in [1.54, 1.807) is 11.8 Å². The fraction of sp³-hybridized carbons (Fsp3) is 0.846. The average Bonchev–Trinajstić information content (AvgIpc) is 2.43. The molecule has 0 bridgehead atoms. The van der Waals surface area contributed by atoms with Gasteiger partial charge in [-0.05, 0) is 19.8 Å². The fourth-order valence-electron chi connectivity index (χ4n) is 1.98. The maximum atomic E-state index is 12.1. The molecule has 1 aliphatic rings. The molecule has 1 heterocycles. The summed E-state index contributed by atoms with van der Waals surface area (Å²) < 4.78 is 5.34. The van der Waals surface area contributed by atoms with Gasteiger partial charge in [-0.25, -0.2) is 4.79 Å². The van der Waals surface area contributed by atoms with Crippen LogP contribution in [0.3, 0.4) is 0 Å². The van der Waals surface area contributed by atoms with Crippen molar-refractivity contribution in [3.8, 4) is 0 Å². The number of aliphatic carboxylic acids is 1. The first-order valence-electron chi connectivity index (χ1n) is 6.80. The Labute approximate surface area is 114 Å². The summed E-state index contributed by atoms with van der Waals surface area (Å²) in [7, 11) is 0. The smallest absolute Gasteiger partial charge is 0.317 e. The second-order valence-corrected chi connectivity index (χ2v) is 5.21. The van der Waals surface area contributed by atoms with Crippen LogP contribution in [-0.2, 0) is 9.53 Å². The number of nitrogens with one attached hydrogen (secondary N) is 1. The highest BCUT2D eigenvalue weighted by Crippen LogP contribution is 2.20. The van der Waals surface area contributed by atoms with Crippen molar-refractivity contribution in [2.75, 3.05) is 26.3 Å². The van der Waals surface area contributed by atoms with E-state index in [1.807, 2.05) is 13.8 Å². The standard InChI is InChI=1S/C13H24N2O4/c1-4-10-8-19-7-6-15(10)12(18)14-9-13(3,5-2)11(16)17/h10H,4-9H2,1-3H3,(H,14,18)(H,16,17). The molecule has 0 aromatic heterocycles. The van der Waals surface area contributed by atoms with E-state index in [9.17, 15) is 9.59 Å². The number of ether oxygens (including phenoxy) is 1. The molecule has 0 aromatic carbocycles. The molecule has 0 radical (unpaired) electrons. The van der Waals surface area contributed by atoms with E-state index in [0.717, 1.165) is 6.42 Å². The molecule has 2 amide bonds. The van der Waals surface area contributed by atoms with Crippen LogP contribution in [-0.4, -0.2) is 54.4 Å². The van der Waals surface area contributed by atoms with Crippen LogP contribution in [0.25, 0.3) is 0 Å². The largest absolute Gasteiger partial charge is 0.481 e. The molecule has 1 saturated heterocycles. The van der Waals surface area contributed by atoms with Gasteiger partial charge in [0.05, 0.1) is 24.7 Å². The molecular formula is C13H24N2O4. The Morgan fingerprint density at radius 3 is 2.68 bits per heavy atom. The molecule has 2 N–H and O–H groups in total. The number of morpholine rings is 1. The zero-order valence-corrected chi connectivity index (χ0v) is 11.9. The lowest BCUT2D eigenvalue weighted by Gasteiger charge is -2.36. The Morgan fingerprint density at radius 2 is 2.16 bits per heavy atom. The first kappa shape index (κ1) is 15.8. The Balaban J connectivity index is 2.56. The highest BCUT2D eigenvalue weighted by molar-refractivity contribution is 5.78. The molecule has 0 aliphatic carbocycles. The van der Waals surface area contributed by atoms with Gasteiger partial charge in [0.1, 0.15) is 0 Å². The lowest BCUT2D eigenvalue weighted by Crippen LogP contribution is -2.54. The normalized spacial score (nSPS) is 22.7. The zero-order valence-electron chi connectivity index (χ0n) is 11.9. The molecule has 0 saturated carbocycles. The van der Waals surface area contributed by atoms with Gasteiger partial charge in [0.15, 0.2) is 0 Å². The van der Waals surface area contributed by atoms with Gasteiger partial charge in [-0.15, -0.1) is 0 Å². The van der Waals surface area contributed by atoms with Crippen LogP contribution >= 0.6 is 0 Å². The third kappa shape index (κ3) is 3.83. The molecule has 6 heteroatoms. The molecule has 2 atom stereocenters. The van der Waals surface area contributed by atoms with Crippen molar-refractivity contribution in [2.45, 2.75) is 39.7 Å². The molecule has 2 unspecified atom stereocenters. The lowest BCUT2D eigenvalue weighted by atomic mass is 9.88. The first-order chi connectivity index (χ1) is 8.94. The van der Waals surface area contributed by atoms with Crippen LogP contribution in [0.15, 0.2) is 0 Å². The molecule has 1 rings (SSSR count). The Kier molecular flexibility index (Phi) is 5.60.